The summed E-state index contributed by atoms with van der Waals surface area (Å²) in [7, 11) is -3.97. The quantitative estimate of drug-likeness (QED) is 0.477. The van der Waals surface area contributed by atoms with Gasteiger partial charge >= 0.3 is 0 Å². The van der Waals surface area contributed by atoms with Crippen molar-refractivity contribution in [3.63, 3.8) is 0 Å². The highest BCUT2D eigenvalue weighted by molar-refractivity contribution is 7.92. The van der Waals surface area contributed by atoms with E-state index in [-0.39, 0.29) is 11.4 Å². The molecule has 31 heavy (non-hydrogen) atoms. The second-order valence-electron chi connectivity index (χ2n) is 7.29. The van der Waals surface area contributed by atoms with Gasteiger partial charge in [0, 0.05) is 18.0 Å². The van der Waals surface area contributed by atoms with E-state index in [0.717, 1.165) is 15.6 Å². The fourth-order valence-electron chi connectivity index (χ4n) is 3.12. The fraction of sp³-hybridized carbons (Fsp3) is 0.261. The van der Waals surface area contributed by atoms with Crippen molar-refractivity contribution in [3.05, 3.63) is 82.8 Å². The normalized spacial score (nSPS) is 11.3. The highest BCUT2D eigenvalue weighted by Crippen LogP contribution is 2.29. The van der Waals surface area contributed by atoms with E-state index in [0.29, 0.717) is 35.7 Å². The van der Waals surface area contributed by atoms with Crippen LogP contribution in [0.4, 0.5) is 5.69 Å². The van der Waals surface area contributed by atoms with Crippen LogP contribution in [-0.4, -0.2) is 27.4 Å². The van der Waals surface area contributed by atoms with Gasteiger partial charge in [-0.3, -0.25) is 9.10 Å². The number of sulfonamides is 1. The van der Waals surface area contributed by atoms with Crippen LogP contribution in [0.3, 0.4) is 0 Å². The maximum Gasteiger partial charge on any atom is 0.264 e. The minimum Gasteiger partial charge on any atom is -0.469 e. The Hall–Kier alpha value is -2.77. The van der Waals surface area contributed by atoms with Crippen LogP contribution < -0.4 is 9.62 Å². The summed E-state index contributed by atoms with van der Waals surface area (Å²) in [5, 5.41) is 3.18. The summed E-state index contributed by atoms with van der Waals surface area (Å²) in [5.74, 6) is 0.446. The van der Waals surface area contributed by atoms with E-state index in [2.05, 4.69) is 5.32 Å². The van der Waals surface area contributed by atoms with E-state index in [1.807, 2.05) is 19.1 Å². The molecule has 2 aromatic carbocycles. The molecule has 3 rings (SSSR count). The van der Waals surface area contributed by atoms with Crippen LogP contribution in [0.2, 0.25) is 5.02 Å². The Morgan fingerprint density at radius 1 is 1.10 bits per heavy atom. The lowest BCUT2D eigenvalue weighted by Gasteiger charge is -2.26. The number of benzene rings is 2. The van der Waals surface area contributed by atoms with Gasteiger partial charge in [-0.05, 0) is 62.2 Å². The van der Waals surface area contributed by atoms with Gasteiger partial charge in [-0.1, -0.05) is 35.4 Å². The molecule has 0 fully saturated rings. The predicted octanol–water partition coefficient (Wildman–Crippen LogP) is 4.49. The molecular weight excluding hydrogens is 436 g/mol. The maximum absolute atomic E-state index is 13.4. The molecule has 0 radical (unpaired) electrons. The molecule has 6 nitrogen and oxygen atoms in total. The van der Waals surface area contributed by atoms with E-state index in [9.17, 15) is 13.2 Å². The Balaban J connectivity index is 1.79. The molecule has 1 aromatic heterocycles. The number of anilines is 1. The first-order valence-electron chi connectivity index (χ1n) is 9.92. The molecule has 0 saturated carbocycles. The molecule has 0 spiro atoms. The standard InChI is InChI=1S/C23H25ClN2O4S/c1-17-7-11-21(12-8-17)31(28,29)26(22-15-19(24)10-9-18(22)2)16-23(27)25-13-3-5-20-6-4-14-30-20/h4,6-12,14-15H,3,5,13,16H2,1-2H3,(H,25,27). The first-order chi connectivity index (χ1) is 14.8. The van der Waals surface area contributed by atoms with Gasteiger partial charge in [-0.15, -0.1) is 0 Å². The first kappa shape index (κ1) is 22.9. The number of rotatable bonds is 9. The van der Waals surface area contributed by atoms with Crippen LogP contribution >= 0.6 is 11.6 Å². The van der Waals surface area contributed by atoms with Crippen LogP contribution in [0.25, 0.3) is 0 Å². The Kier molecular flexibility index (Phi) is 7.41. The predicted molar refractivity (Wildman–Crippen MR) is 122 cm³/mol. The third-order valence-electron chi connectivity index (χ3n) is 4.84. The molecule has 0 unspecified atom stereocenters. The van der Waals surface area contributed by atoms with Crippen molar-refractivity contribution in [3.8, 4) is 0 Å². The van der Waals surface area contributed by atoms with E-state index in [4.69, 9.17) is 16.0 Å². The molecule has 8 heteroatoms. The van der Waals surface area contributed by atoms with Crippen molar-refractivity contribution in [1.29, 1.82) is 0 Å². The number of hydrogen-bond donors (Lipinski definition) is 1. The average molecular weight is 461 g/mol. The largest absolute Gasteiger partial charge is 0.469 e. The molecule has 3 aromatic rings. The lowest BCUT2D eigenvalue weighted by Crippen LogP contribution is -2.41. The topological polar surface area (TPSA) is 79.6 Å². The van der Waals surface area contributed by atoms with Crippen LogP contribution in [0, 0.1) is 13.8 Å². The number of carbonyl (C=O) groups is 1. The Bertz CT molecular complexity index is 1130. The summed E-state index contributed by atoms with van der Waals surface area (Å²) >= 11 is 6.13. The summed E-state index contributed by atoms with van der Waals surface area (Å²) in [5.41, 5.74) is 2.02. The molecule has 1 N–H and O–H groups in total. The molecule has 0 aliphatic rings. The third kappa shape index (κ3) is 5.89. The highest BCUT2D eigenvalue weighted by Gasteiger charge is 2.28. The molecule has 0 atom stereocenters. The van der Waals surface area contributed by atoms with Gasteiger partial charge in [-0.2, -0.15) is 0 Å². The van der Waals surface area contributed by atoms with Gasteiger partial charge in [0.25, 0.3) is 10.0 Å². The molecule has 0 aliphatic heterocycles. The highest BCUT2D eigenvalue weighted by atomic mass is 35.5. The van der Waals surface area contributed by atoms with Crippen molar-refractivity contribution in [2.45, 2.75) is 31.6 Å². The summed E-state index contributed by atoms with van der Waals surface area (Å²) in [6, 6.07) is 15.2. The number of nitrogens with one attached hydrogen (secondary N) is 1. The van der Waals surface area contributed by atoms with Crippen LogP contribution in [0.5, 0.6) is 0 Å². The summed E-state index contributed by atoms with van der Waals surface area (Å²) in [4.78, 5) is 12.8. The van der Waals surface area contributed by atoms with Crippen molar-refractivity contribution < 1.29 is 17.6 Å². The second kappa shape index (κ2) is 10.0. The van der Waals surface area contributed by atoms with Gasteiger partial charge in [-0.25, -0.2) is 8.42 Å². The zero-order chi connectivity index (χ0) is 22.4. The van der Waals surface area contributed by atoms with E-state index < -0.39 is 15.9 Å². The molecule has 1 heterocycles. The lowest BCUT2D eigenvalue weighted by molar-refractivity contribution is -0.119. The van der Waals surface area contributed by atoms with Crippen LogP contribution in [0.1, 0.15) is 23.3 Å². The van der Waals surface area contributed by atoms with Gasteiger partial charge in [0.2, 0.25) is 5.91 Å². The second-order valence-corrected chi connectivity index (χ2v) is 9.59. The van der Waals surface area contributed by atoms with Crippen molar-refractivity contribution in [2.75, 3.05) is 17.4 Å². The molecule has 1 amide bonds. The average Bonchev–Trinajstić information content (AvgIpc) is 3.25. The smallest absolute Gasteiger partial charge is 0.264 e. The fourth-order valence-corrected chi connectivity index (χ4v) is 4.76. The van der Waals surface area contributed by atoms with Gasteiger partial charge in [0.05, 0.1) is 16.8 Å². The number of amides is 1. The van der Waals surface area contributed by atoms with Gasteiger partial charge in [0.15, 0.2) is 0 Å². The third-order valence-corrected chi connectivity index (χ3v) is 6.85. The SMILES string of the molecule is Cc1ccc(S(=O)(=O)N(CC(=O)NCCCc2ccco2)c2cc(Cl)ccc2C)cc1. The number of halogens is 1. The van der Waals surface area contributed by atoms with Gasteiger partial charge in [0.1, 0.15) is 12.3 Å². The number of furan rings is 1. The monoisotopic (exact) mass is 460 g/mol. The Morgan fingerprint density at radius 3 is 2.52 bits per heavy atom. The zero-order valence-corrected chi connectivity index (χ0v) is 19.0. The Labute approximate surface area is 187 Å². The first-order valence-corrected chi connectivity index (χ1v) is 11.7. The summed E-state index contributed by atoms with van der Waals surface area (Å²) in [6.07, 6.45) is 2.97. The number of hydrogen-bond acceptors (Lipinski definition) is 4. The van der Waals surface area contributed by atoms with Crippen LogP contribution in [-0.2, 0) is 21.2 Å². The van der Waals surface area contributed by atoms with Crippen molar-refractivity contribution in [2.24, 2.45) is 0 Å². The molecular formula is C23H25ClN2O4S. The molecule has 164 valence electrons. The number of nitrogens with zero attached hydrogens (tertiary/aromatic N) is 1. The Morgan fingerprint density at radius 2 is 1.84 bits per heavy atom. The number of aryl methyl sites for hydroxylation is 3. The molecule has 0 saturated heterocycles. The minimum atomic E-state index is -3.97. The van der Waals surface area contributed by atoms with Crippen molar-refractivity contribution >= 4 is 33.2 Å². The minimum absolute atomic E-state index is 0.114. The number of carbonyl (C=O) groups excluding carboxylic acids is 1. The van der Waals surface area contributed by atoms with Crippen LogP contribution in [0.15, 0.2) is 70.2 Å². The molecule has 0 aliphatic carbocycles. The maximum atomic E-state index is 13.4. The summed E-state index contributed by atoms with van der Waals surface area (Å²) in [6.45, 7) is 3.72. The zero-order valence-electron chi connectivity index (χ0n) is 17.5. The van der Waals surface area contributed by atoms with E-state index in [1.165, 1.54) is 0 Å². The lowest BCUT2D eigenvalue weighted by atomic mass is 10.2. The van der Waals surface area contributed by atoms with E-state index >= 15 is 0 Å². The van der Waals surface area contributed by atoms with Gasteiger partial charge < -0.3 is 9.73 Å². The summed E-state index contributed by atoms with van der Waals surface area (Å²) < 4.78 is 33.2. The van der Waals surface area contributed by atoms with Crippen molar-refractivity contribution in [1.82, 2.24) is 5.32 Å². The van der Waals surface area contributed by atoms with E-state index in [1.54, 1.807) is 55.7 Å². The molecule has 0 bridgehead atoms.